The van der Waals surface area contributed by atoms with Crippen LogP contribution >= 0.6 is 0 Å². The Morgan fingerprint density at radius 3 is 2.48 bits per heavy atom. The van der Waals surface area contributed by atoms with E-state index in [9.17, 15) is 19.2 Å². The molecule has 1 N–H and O–H groups in total. The van der Waals surface area contributed by atoms with Gasteiger partial charge in [0.15, 0.2) is 6.61 Å². The maximum atomic E-state index is 12.4. The van der Waals surface area contributed by atoms with Gasteiger partial charge < -0.3 is 19.7 Å². The number of nitrogens with one attached hydrogen (secondary N) is 1. The number of hydrogen-bond acceptors (Lipinski definition) is 6. The lowest BCUT2D eigenvalue weighted by molar-refractivity contribution is -0.151. The van der Waals surface area contributed by atoms with Crippen LogP contribution in [0, 0.1) is 18.8 Å². The number of amides is 2. The molecule has 1 saturated heterocycles. The van der Waals surface area contributed by atoms with Crippen LogP contribution in [0.2, 0.25) is 0 Å². The van der Waals surface area contributed by atoms with Gasteiger partial charge in [0.1, 0.15) is 0 Å². The molecule has 0 saturated carbocycles. The first-order chi connectivity index (χ1) is 15.7. The lowest BCUT2D eigenvalue weighted by Crippen LogP contribution is -2.28. The number of hydrogen-bond donors (Lipinski definition) is 1. The van der Waals surface area contributed by atoms with Gasteiger partial charge >= 0.3 is 11.9 Å². The van der Waals surface area contributed by atoms with Gasteiger partial charge in [0.2, 0.25) is 5.91 Å². The fourth-order valence-corrected chi connectivity index (χ4v) is 3.38. The molecule has 1 aliphatic rings. The second kappa shape index (κ2) is 10.8. The monoisotopic (exact) mass is 452 g/mol. The predicted molar refractivity (Wildman–Crippen MR) is 123 cm³/mol. The van der Waals surface area contributed by atoms with Crippen molar-refractivity contribution >= 4 is 35.1 Å². The molecule has 1 atom stereocenters. The van der Waals surface area contributed by atoms with E-state index in [4.69, 9.17) is 9.47 Å². The average molecular weight is 453 g/mol. The molecule has 33 heavy (non-hydrogen) atoms. The molecule has 8 nitrogen and oxygen atoms in total. The molecule has 1 aliphatic heterocycles. The van der Waals surface area contributed by atoms with E-state index in [-0.39, 0.29) is 24.8 Å². The van der Waals surface area contributed by atoms with Gasteiger partial charge in [-0.05, 0) is 54.8 Å². The van der Waals surface area contributed by atoms with Gasteiger partial charge in [0.25, 0.3) is 5.91 Å². The molecular weight excluding hydrogens is 424 g/mol. The Bertz CT molecular complexity index is 1030. The van der Waals surface area contributed by atoms with E-state index in [1.807, 2.05) is 45.0 Å². The molecule has 0 unspecified atom stereocenters. The standard InChI is InChI=1S/C25H28N2O6/c1-16(2)14-32-24(30)18-7-9-20(10-8-18)26-22(28)15-33-25(31)19-12-23(29)27(13-19)21-6-4-5-17(3)11-21/h4-11,16,19H,12-15H2,1-3H3,(H,26,28)/t19-/m0/s1. The molecule has 3 rings (SSSR count). The highest BCUT2D eigenvalue weighted by Gasteiger charge is 2.36. The van der Waals surface area contributed by atoms with Crippen molar-refractivity contribution in [3.63, 3.8) is 0 Å². The van der Waals surface area contributed by atoms with E-state index in [1.54, 1.807) is 29.2 Å². The highest BCUT2D eigenvalue weighted by atomic mass is 16.5. The number of nitrogens with zero attached hydrogens (tertiary/aromatic N) is 1. The molecule has 0 bridgehead atoms. The number of rotatable bonds is 8. The summed E-state index contributed by atoms with van der Waals surface area (Å²) < 4.78 is 10.3. The fourth-order valence-electron chi connectivity index (χ4n) is 3.38. The van der Waals surface area contributed by atoms with Crippen molar-refractivity contribution in [1.29, 1.82) is 0 Å². The Labute approximate surface area is 192 Å². The van der Waals surface area contributed by atoms with Crippen LogP contribution in [0.15, 0.2) is 48.5 Å². The summed E-state index contributed by atoms with van der Waals surface area (Å²) in [5.74, 6) is -2.07. The first-order valence-corrected chi connectivity index (χ1v) is 10.8. The number of carbonyl (C=O) groups excluding carboxylic acids is 4. The topological polar surface area (TPSA) is 102 Å². The van der Waals surface area contributed by atoms with Gasteiger partial charge in [-0.1, -0.05) is 26.0 Å². The third-order valence-corrected chi connectivity index (χ3v) is 5.07. The summed E-state index contributed by atoms with van der Waals surface area (Å²) in [6.07, 6.45) is 0.0444. The third-order valence-electron chi connectivity index (χ3n) is 5.07. The fraction of sp³-hybridized carbons (Fsp3) is 0.360. The normalized spacial score (nSPS) is 15.5. The van der Waals surface area contributed by atoms with Crippen LogP contribution in [0.25, 0.3) is 0 Å². The number of anilines is 2. The minimum absolute atomic E-state index is 0.0444. The first kappa shape index (κ1) is 24.0. The average Bonchev–Trinajstić information content (AvgIpc) is 3.18. The summed E-state index contributed by atoms with van der Waals surface area (Å²) in [5, 5.41) is 2.61. The van der Waals surface area contributed by atoms with E-state index in [0.717, 1.165) is 11.3 Å². The van der Waals surface area contributed by atoms with Gasteiger partial charge in [0.05, 0.1) is 18.1 Å². The Morgan fingerprint density at radius 2 is 1.82 bits per heavy atom. The Balaban J connectivity index is 1.46. The molecule has 1 heterocycles. The van der Waals surface area contributed by atoms with Crippen molar-refractivity contribution in [2.75, 3.05) is 30.0 Å². The highest BCUT2D eigenvalue weighted by molar-refractivity contribution is 6.00. The van der Waals surface area contributed by atoms with Crippen molar-refractivity contribution in [3.8, 4) is 0 Å². The zero-order valence-corrected chi connectivity index (χ0v) is 19.0. The highest BCUT2D eigenvalue weighted by Crippen LogP contribution is 2.26. The number of esters is 2. The molecule has 2 amide bonds. The molecule has 0 aromatic heterocycles. The van der Waals surface area contributed by atoms with E-state index in [1.165, 1.54) is 0 Å². The Hall–Kier alpha value is -3.68. The predicted octanol–water partition coefficient (Wildman–Crippen LogP) is 3.34. The number of aryl methyl sites for hydroxylation is 1. The first-order valence-electron chi connectivity index (χ1n) is 10.8. The van der Waals surface area contributed by atoms with Crippen LogP contribution in [0.5, 0.6) is 0 Å². The molecule has 0 aliphatic carbocycles. The molecule has 174 valence electrons. The second-order valence-electron chi connectivity index (χ2n) is 8.47. The molecule has 8 heteroatoms. The quantitative estimate of drug-likeness (QED) is 0.617. The SMILES string of the molecule is Cc1cccc(N2C[C@@H](C(=O)OCC(=O)Nc3ccc(C(=O)OCC(C)C)cc3)CC2=O)c1. The maximum Gasteiger partial charge on any atom is 0.338 e. The summed E-state index contributed by atoms with van der Waals surface area (Å²) in [6.45, 7) is 5.91. The molecule has 0 spiro atoms. The van der Waals surface area contributed by atoms with Crippen molar-refractivity contribution in [3.05, 3.63) is 59.7 Å². The van der Waals surface area contributed by atoms with Gasteiger partial charge in [-0.15, -0.1) is 0 Å². The van der Waals surface area contributed by atoms with Gasteiger partial charge in [0, 0.05) is 24.3 Å². The van der Waals surface area contributed by atoms with Crippen LogP contribution in [-0.4, -0.2) is 43.5 Å². The Kier molecular flexibility index (Phi) is 7.82. The third kappa shape index (κ3) is 6.65. The lowest BCUT2D eigenvalue weighted by Gasteiger charge is -2.17. The summed E-state index contributed by atoms with van der Waals surface area (Å²) in [5.41, 5.74) is 2.59. The van der Waals surface area contributed by atoms with Gasteiger partial charge in [-0.25, -0.2) is 4.79 Å². The van der Waals surface area contributed by atoms with Crippen molar-refractivity contribution in [2.24, 2.45) is 11.8 Å². The summed E-state index contributed by atoms with van der Waals surface area (Å²) >= 11 is 0. The maximum absolute atomic E-state index is 12.4. The van der Waals surface area contributed by atoms with Crippen LogP contribution in [0.1, 0.15) is 36.2 Å². The van der Waals surface area contributed by atoms with Crippen LogP contribution < -0.4 is 10.2 Å². The van der Waals surface area contributed by atoms with Crippen LogP contribution in [-0.2, 0) is 23.9 Å². The van der Waals surface area contributed by atoms with Crippen molar-refractivity contribution in [2.45, 2.75) is 27.2 Å². The molecular formula is C25H28N2O6. The van der Waals surface area contributed by atoms with E-state index < -0.39 is 30.4 Å². The number of benzene rings is 2. The molecule has 2 aromatic rings. The Morgan fingerprint density at radius 1 is 1.09 bits per heavy atom. The van der Waals surface area contributed by atoms with Gasteiger partial charge in [-0.2, -0.15) is 0 Å². The lowest BCUT2D eigenvalue weighted by atomic mass is 10.1. The largest absolute Gasteiger partial charge is 0.462 e. The molecule has 0 radical (unpaired) electrons. The second-order valence-corrected chi connectivity index (χ2v) is 8.47. The summed E-state index contributed by atoms with van der Waals surface area (Å²) in [4.78, 5) is 50.4. The molecule has 2 aromatic carbocycles. The zero-order valence-electron chi connectivity index (χ0n) is 19.0. The molecule has 1 fully saturated rings. The summed E-state index contributed by atoms with van der Waals surface area (Å²) in [7, 11) is 0. The van der Waals surface area contributed by atoms with Crippen molar-refractivity contribution in [1.82, 2.24) is 0 Å². The van der Waals surface area contributed by atoms with Crippen LogP contribution in [0.3, 0.4) is 0 Å². The van der Waals surface area contributed by atoms with E-state index >= 15 is 0 Å². The minimum atomic E-state index is -0.623. The zero-order chi connectivity index (χ0) is 24.0. The summed E-state index contributed by atoms with van der Waals surface area (Å²) in [6, 6.07) is 13.7. The smallest absolute Gasteiger partial charge is 0.338 e. The van der Waals surface area contributed by atoms with E-state index in [0.29, 0.717) is 17.9 Å². The minimum Gasteiger partial charge on any atom is -0.462 e. The number of ether oxygens (including phenoxy) is 2. The number of carbonyl (C=O) groups is 4. The van der Waals surface area contributed by atoms with Crippen molar-refractivity contribution < 1.29 is 28.7 Å². The van der Waals surface area contributed by atoms with Gasteiger partial charge in [-0.3, -0.25) is 14.4 Å². The van der Waals surface area contributed by atoms with Crippen LogP contribution in [0.4, 0.5) is 11.4 Å². The van der Waals surface area contributed by atoms with E-state index in [2.05, 4.69) is 5.32 Å².